The highest BCUT2D eigenvalue weighted by atomic mass is 35.5. The Kier molecular flexibility index (Phi) is 5.99. The van der Waals surface area contributed by atoms with Crippen LogP contribution in [0.3, 0.4) is 0 Å². The summed E-state index contributed by atoms with van der Waals surface area (Å²) in [6, 6.07) is 5.83. The molecule has 1 aromatic carbocycles. The van der Waals surface area contributed by atoms with Crippen LogP contribution in [0.2, 0.25) is 5.02 Å². The van der Waals surface area contributed by atoms with E-state index in [2.05, 4.69) is 11.8 Å². The van der Waals surface area contributed by atoms with E-state index in [1.165, 1.54) is 5.56 Å². The number of hydrogen-bond donors (Lipinski definition) is 1. The fourth-order valence-corrected chi connectivity index (χ4v) is 2.13. The first-order valence-electron chi connectivity index (χ1n) is 6.27. The topological polar surface area (TPSA) is 40.5 Å². The molecule has 0 aliphatic heterocycles. The van der Waals surface area contributed by atoms with Gasteiger partial charge in [-0.3, -0.25) is 4.79 Å². The molecule has 18 heavy (non-hydrogen) atoms. The largest absolute Gasteiger partial charge is 0.481 e. The second-order valence-electron chi connectivity index (χ2n) is 4.42. The molecule has 0 heterocycles. The van der Waals surface area contributed by atoms with Crippen LogP contribution in [-0.2, 0) is 4.79 Å². The molecule has 1 rings (SSSR count). The second-order valence-corrected chi connectivity index (χ2v) is 4.85. The van der Waals surface area contributed by atoms with Crippen LogP contribution < -0.4 is 4.90 Å². The third-order valence-electron chi connectivity index (χ3n) is 2.82. The van der Waals surface area contributed by atoms with Gasteiger partial charge < -0.3 is 10.0 Å². The fraction of sp³-hybridized carbons (Fsp3) is 0.500. The zero-order valence-electron chi connectivity index (χ0n) is 10.9. The molecule has 0 spiro atoms. The molecular weight excluding hydrogens is 250 g/mol. The first-order valence-corrected chi connectivity index (χ1v) is 6.65. The molecule has 0 aliphatic rings. The first-order chi connectivity index (χ1) is 8.54. The summed E-state index contributed by atoms with van der Waals surface area (Å²) in [5.41, 5.74) is 2.28. The van der Waals surface area contributed by atoms with E-state index in [-0.39, 0.29) is 6.42 Å². The molecule has 1 N–H and O–H groups in total. The molecule has 0 aliphatic carbocycles. The average Bonchev–Trinajstić information content (AvgIpc) is 2.31. The summed E-state index contributed by atoms with van der Waals surface area (Å²) < 4.78 is 0. The van der Waals surface area contributed by atoms with E-state index in [9.17, 15) is 4.79 Å². The standard InChI is InChI=1S/C14H20ClNO2/c1-3-8-16(9-4-5-14(17)18)13-10-12(15)7-6-11(13)2/h6-7,10H,3-5,8-9H2,1-2H3,(H,17,18). The third kappa shape index (κ3) is 4.57. The molecule has 0 fully saturated rings. The molecular formula is C14H20ClNO2. The Balaban J connectivity index is 2.76. The van der Waals surface area contributed by atoms with Crippen molar-refractivity contribution >= 4 is 23.3 Å². The zero-order valence-corrected chi connectivity index (χ0v) is 11.7. The number of nitrogens with zero attached hydrogens (tertiary/aromatic N) is 1. The number of rotatable bonds is 7. The molecule has 0 saturated carbocycles. The Labute approximate surface area is 113 Å². The Morgan fingerprint density at radius 1 is 1.39 bits per heavy atom. The van der Waals surface area contributed by atoms with Gasteiger partial charge in [0.2, 0.25) is 0 Å². The van der Waals surface area contributed by atoms with Gasteiger partial charge in [0.05, 0.1) is 0 Å². The van der Waals surface area contributed by atoms with Crippen molar-refractivity contribution in [1.29, 1.82) is 0 Å². The Morgan fingerprint density at radius 2 is 2.11 bits per heavy atom. The summed E-state index contributed by atoms with van der Waals surface area (Å²) in [7, 11) is 0. The average molecular weight is 270 g/mol. The molecule has 100 valence electrons. The molecule has 0 amide bonds. The highest BCUT2D eigenvalue weighted by Crippen LogP contribution is 2.24. The lowest BCUT2D eigenvalue weighted by molar-refractivity contribution is -0.137. The van der Waals surface area contributed by atoms with Crippen LogP contribution in [0.25, 0.3) is 0 Å². The molecule has 1 aromatic rings. The van der Waals surface area contributed by atoms with Crippen molar-refractivity contribution in [3.8, 4) is 0 Å². The molecule has 0 bridgehead atoms. The number of aryl methyl sites for hydroxylation is 1. The molecule has 3 nitrogen and oxygen atoms in total. The molecule has 4 heteroatoms. The van der Waals surface area contributed by atoms with Gasteiger partial charge in [-0.15, -0.1) is 0 Å². The predicted octanol–water partition coefficient (Wildman–Crippen LogP) is 3.73. The van der Waals surface area contributed by atoms with Crippen molar-refractivity contribution in [2.45, 2.75) is 33.1 Å². The Bertz CT molecular complexity index is 407. The maximum Gasteiger partial charge on any atom is 0.303 e. The summed E-state index contributed by atoms with van der Waals surface area (Å²) in [4.78, 5) is 12.8. The van der Waals surface area contributed by atoms with Crippen molar-refractivity contribution in [2.75, 3.05) is 18.0 Å². The van der Waals surface area contributed by atoms with E-state index in [0.717, 1.165) is 30.2 Å². The SMILES string of the molecule is CCCN(CCCC(=O)O)c1cc(Cl)ccc1C. The maximum atomic E-state index is 10.6. The molecule has 0 atom stereocenters. The summed E-state index contributed by atoms with van der Waals surface area (Å²) in [6.07, 6.45) is 1.89. The number of hydrogen-bond acceptors (Lipinski definition) is 2. The van der Waals surface area contributed by atoms with Crippen molar-refractivity contribution in [1.82, 2.24) is 0 Å². The minimum absolute atomic E-state index is 0.208. The Hall–Kier alpha value is -1.22. The van der Waals surface area contributed by atoms with Gasteiger partial charge in [0.15, 0.2) is 0 Å². The Morgan fingerprint density at radius 3 is 2.72 bits per heavy atom. The lowest BCUT2D eigenvalue weighted by Crippen LogP contribution is -2.26. The van der Waals surface area contributed by atoms with Gasteiger partial charge >= 0.3 is 5.97 Å². The van der Waals surface area contributed by atoms with Gasteiger partial charge in [-0.05, 0) is 37.5 Å². The van der Waals surface area contributed by atoms with E-state index in [1.807, 2.05) is 25.1 Å². The van der Waals surface area contributed by atoms with Gasteiger partial charge in [-0.2, -0.15) is 0 Å². The van der Waals surface area contributed by atoms with Crippen LogP contribution in [0.15, 0.2) is 18.2 Å². The van der Waals surface area contributed by atoms with Crippen LogP contribution in [0.5, 0.6) is 0 Å². The normalized spacial score (nSPS) is 10.4. The van der Waals surface area contributed by atoms with Crippen molar-refractivity contribution in [3.05, 3.63) is 28.8 Å². The molecule has 0 aromatic heterocycles. The quantitative estimate of drug-likeness (QED) is 0.820. The van der Waals surface area contributed by atoms with Gasteiger partial charge in [-0.1, -0.05) is 24.6 Å². The van der Waals surface area contributed by atoms with E-state index >= 15 is 0 Å². The van der Waals surface area contributed by atoms with Crippen LogP contribution in [-0.4, -0.2) is 24.2 Å². The fourth-order valence-electron chi connectivity index (χ4n) is 1.97. The smallest absolute Gasteiger partial charge is 0.303 e. The summed E-state index contributed by atoms with van der Waals surface area (Å²) in [6.45, 7) is 5.83. The third-order valence-corrected chi connectivity index (χ3v) is 3.06. The second kappa shape index (κ2) is 7.27. The lowest BCUT2D eigenvalue weighted by atomic mass is 10.1. The van der Waals surface area contributed by atoms with Gasteiger partial charge in [0.25, 0.3) is 0 Å². The highest BCUT2D eigenvalue weighted by Gasteiger charge is 2.09. The minimum Gasteiger partial charge on any atom is -0.481 e. The predicted molar refractivity (Wildman–Crippen MR) is 75.6 cm³/mol. The van der Waals surface area contributed by atoms with E-state index in [1.54, 1.807) is 0 Å². The van der Waals surface area contributed by atoms with Crippen LogP contribution in [0.4, 0.5) is 5.69 Å². The summed E-state index contributed by atoms with van der Waals surface area (Å²) in [5.74, 6) is -0.741. The van der Waals surface area contributed by atoms with Crippen LogP contribution in [0, 0.1) is 6.92 Å². The van der Waals surface area contributed by atoms with Gasteiger partial charge in [-0.25, -0.2) is 0 Å². The minimum atomic E-state index is -0.741. The highest BCUT2D eigenvalue weighted by molar-refractivity contribution is 6.30. The molecule has 0 radical (unpaired) electrons. The number of anilines is 1. The van der Waals surface area contributed by atoms with Crippen LogP contribution in [0.1, 0.15) is 31.7 Å². The molecule has 0 unspecified atom stereocenters. The van der Waals surface area contributed by atoms with Crippen LogP contribution >= 0.6 is 11.6 Å². The maximum absolute atomic E-state index is 10.6. The zero-order chi connectivity index (χ0) is 13.5. The van der Waals surface area contributed by atoms with Gasteiger partial charge in [0, 0.05) is 30.2 Å². The summed E-state index contributed by atoms with van der Waals surface area (Å²) in [5, 5.41) is 9.40. The van der Waals surface area contributed by atoms with Crippen molar-refractivity contribution in [2.24, 2.45) is 0 Å². The first kappa shape index (κ1) is 14.8. The summed E-state index contributed by atoms with van der Waals surface area (Å²) >= 11 is 6.02. The van der Waals surface area contributed by atoms with E-state index in [4.69, 9.17) is 16.7 Å². The molecule has 0 saturated heterocycles. The number of benzene rings is 1. The van der Waals surface area contributed by atoms with Gasteiger partial charge in [0.1, 0.15) is 0 Å². The number of aliphatic carboxylic acids is 1. The number of halogens is 1. The lowest BCUT2D eigenvalue weighted by Gasteiger charge is -2.26. The van der Waals surface area contributed by atoms with E-state index in [0.29, 0.717) is 6.42 Å². The number of carboxylic acid groups (broad SMARTS) is 1. The number of carbonyl (C=O) groups is 1. The van der Waals surface area contributed by atoms with Crippen molar-refractivity contribution in [3.63, 3.8) is 0 Å². The van der Waals surface area contributed by atoms with Crippen molar-refractivity contribution < 1.29 is 9.90 Å². The monoisotopic (exact) mass is 269 g/mol. The number of carboxylic acids is 1. The van der Waals surface area contributed by atoms with E-state index < -0.39 is 5.97 Å².